The van der Waals surface area contributed by atoms with Gasteiger partial charge >= 0.3 is 5.97 Å². The predicted molar refractivity (Wildman–Crippen MR) is 107 cm³/mol. The van der Waals surface area contributed by atoms with Gasteiger partial charge in [-0.25, -0.2) is 0 Å². The average molecular weight is 367 g/mol. The molecule has 1 aliphatic heterocycles. The number of ether oxygens (including phenoxy) is 1. The van der Waals surface area contributed by atoms with Crippen LogP contribution in [-0.4, -0.2) is 41.7 Å². The number of hydrogen-bond donors (Lipinski definition) is 1. The van der Waals surface area contributed by atoms with E-state index < -0.39 is 5.97 Å². The van der Waals surface area contributed by atoms with Gasteiger partial charge in [0, 0.05) is 25.0 Å². The molecule has 0 atom stereocenters. The van der Waals surface area contributed by atoms with Crippen LogP contribution in [0.5, 0.6) is 5.75 Å². The molecule has 1 N–H and O–H groups in total. The van der Waals surface area contributed by atoms with Crippen molar-refractivity contribution >= 4 is 16.7 Å². The molecule has 1 aliphatic carbocycles. The molecule has 0 spiro atoms. The van der Waals surface area contributed by atoms with E-state index in [4.69, 9.17) is 9.84 Å². The molecule has 2 aromatic rings. The Balaban J connectivity index is 1.39. The summed E-state index contributed by atoms with van der Waals surface area (Å²) in [5.74, 6) is 0.990. The lowest BCUT2D eigenvalue weighted by molar-refractivity contribution is -0.147. The predicted octanol–water partition coefficient (Wildman–Crippen LogP) is 4.36. The molecule has 4 heteroatoms. The van der Waals surface area contributed by atoms with E-state index in [2.05, 4.69) is 48.2 Å². The van der Waals surface area contributed by atoms with Gasteiger partial charge in [0.25, 0.3) is 0 Å². The van der Waals surface area contributed by atoms with E-state index in [1.807, 2.05) is 0 Å². The number of fused-ring (bicyclic) bond motifs is 1. The van der Waals surface area contributed by atoms with Gasteiger partial charge < -0.3 is 14.7 Å². The van der Waals surface area contributed by atoms with E-state index in [-0.39, 0.29) is 5.92 Å². The minimum Gasteiger partial charge on any atom is -0.490 e. The Morgan fingerprint density at radius 3 is 2.67 bits per heavy atom. The first-order valence-electron chi connectivity index (χ1n) is 10.2. The quantitative estimate of drug-likeness (QED) is 0.824. The van der Waals surface area contributed by atoms with E-state index in [0.29, 0.717) is 19.2 Å². The van der Waals surface area contributed by atoms with Crippen molar-refractivity contribution in [2.24, 2.45) is 11.8 Å². The van der Waals surface area contributed by atoms with E-state index in [1.54, 1.807) is 0 Å². The zero-order valence-electron chi connectivity index (χ0n) is 16.1. The summed E-state index contributed by atoms with van der Waals surface area (Å²) >= 11 is 0. The van der Waals surface area contributed by atoms with Crippen LogP contribution >= 0.6 is 0 Å². The first-order chi connectivity index (χ1) is 13.1. The van der Waals surface area contributed by atoms with Gasteiger partial charge in [0.1, 0.15) is 5.75 Å². The van der Waals surface area contributed by atoms with Crippen molar-refractivity contribution in [1.29, 1.82) is 0 Å². The first-order valence-corrected chi connectivity index (χ1v) is 10.2. The average Bonchev–Trinajstić information content (AvgIpc) is 2.62. The summed E-state index contributed by atoms with van der Waals surface area (Å²) in [5, 5.41) is 11.4. The second-order valence-corrected chi connectivity index (χ2v) is 8.36. The molecular formula is C23H29NO3. The third kappa shape index (κ3) is 4.27. The Kier molecular flexibility index (Phi) is 5.35. The van der Waals surface area contributed by atoms with Gasteiger partial charge in [0.15, 0.2) is 0 Å². The van der Waals surface area contributed by atoms with Crippen molar-refractivity contribution in [1.82, 2.24) is 4.90 Å². The fourth-order valence-electron chi connectivity index (χ4n) is 4.28. The van der Waals surface area contributed by atoms with Gasteiger partial charge in [-0.05, 0) is 55.0 Å². The molecular weight excluding hydrogens is 338 g/mol. The lowest BCUT2D eigenvalue weighted by Crippen LogP contribution is -2.50. The van der Waals surface area contributed by atoms with Crippen LogP contribution in [0.25, 0.3) is 10.8 Å². The number of likely N-dealkylation sites (tertiary alicyclic amines) is 1. The highest BCUT2D eigenvalue weighted by atomic mass is 16.5. The molecule has 0 radical (unpaired) electrons. The molecule has 0 bridgehead atoms. The zero-order valence-corrected chi connectivity index (χ0v) is 16.1. The van der Waals surface area contributed by atoms with E-state index in [0.717, 1.165) is 37.5 Å². The van der Waals surface area contributed by atoms with Crippen LogP contribution in [0.1, 0.15) is 38.2 Å². The minimum atomic E-state index is -0.670. The first kappa shape index (κ1) is 18.3. The summed E-state index contributed by atoms with van der Waals surface area (Å²) in [5.41, 5.74) is 1.30. The number of carbonyl (C=O) groups is 1. The smallest absolute Gasteiger partial charge is 0.309 e. The standard InChI is InChI=1S/C23H29NO3/c1-16-5-8-20(9-6-16)27-22-4-2-3-18-13-17(7-10-21(18)22)11-12-24-14-19(15-24)23(25)26/h2-4,7,10,13,16,19-20H,5-6,8-9,11-12,14-15H2,1H3,(H,25,26). The summed E-state index contributed by atoms with van der Waals surface area (Å²) in [7, 11) is 0. The third-order valence-corrected chi connectivity index (χ3v) is 6.18. The molecule has 1 saturated heterocycles. The number of nitrogens with zero attached hydrogens (tertiary/aromatic N) is 1. The lowest BCUT2D eigenvalue weighted by atomic mass is 9.89. The van der Waals surface area contributed by atoms with Crippen molar-refractivity contribution in [3.05, 3.63) is 42.0 Å². The lowest BCUT2D eigenvalue weighted by Gasteiger charge is -2.36. The monoisotopic (exact) mass is 367 g/mol. The maximum Gasteiger partial charge on any atom is 0.309 e. The molecule has 4 nitrogen and oxygen atoms in total. The SMILES string of the molecule is CC1CCC(Oc2cccc3cc(CCN4CC(C(=O)O)C4)ccc23)CC1. The fraction of sp³-hybridized carbons (Fsp3) is 0.522. The Hall–Kier alpha value is -2.07. The van der Waals surface area contributed by atoms with Crippen LogP contribution < -0.4 is 4.74 Å². The molecule has 2 aliphatic rings. The second-order valence-electron chi connectivity index (χ2n) is 8.36. The Bertz CT molecular complexity index is 804. The van der Waals surface area contributed by atoms with Gasteiger partial charge in [0.2, 0.25) is 0 Å². The molecule has 0 unspecified atom stereocenters. The molecule has 2 aromatic carbocycles. The van der Waals surface area contributed by atoms with Gasteiger partial charge in [-0.3, -0.25) is 4.79 Å². The number of carboxylic acid groups (broad SMARTS) is 1. The maximum atomic E-state index is 10.9. The van der Waals surface area contributed by atoms with Crippen LogP contribution in [-0.2, 0) is 11.2 Å². The van der Waals surface area contributed by atoms with Gasteiger partial charge in [-0.1, -0.05) is 37.3 Å². The number of carboxylic acids is 1. The van der Waals surface area contributed by atoms with Crippen molar-refractivity contribution in [2.75, 3.05) is 19.6 Å². The number of aliphatic carboxylic acids is 1. The summed E-state index contributed by atoms with van der Waals surface area (Å²) in [6.07, 6.45) is 6.14. The van der Waals surface area contributed by atoms with Crippen molar-refractivity contribution in [2.45, 2.75) is 45.1 Å². The third-order valence-electron chi connectivity index (χ3n) is 6.18. The second kappa shape index (κ2) is 7.89. The summed E-state index contributed by atoms with van der Waals surface area (Å²) in [6, 6.07) is 12.9. The van der Waals surface area contributed by atoms with E-state index >= 15 is 0 Å². The van der Waals surface area contributed by atoms with Gasteiger partial charge in [0.05, 0.1) is 12.0 Å². The molecule has 1 heterocycles. The summed E-state index contributed by atoms with van der Waals surface area (Å²) in [6.45, 7) is 4.62. The molecule has 0 aromatic heterocycles. The molecule has 0 amide bonds. The molecule has 144 valence electrons. The van der Waals surface area contributed by atoms with E-state index in [9.17, 15) is 4.79 Å². The molecule has 1 saturated carbocycles. The summed E-state index contributed by atoms with van der Waals surface area (Å²) in [4.78, 5) is 13.1. The van der Waals surface area contributed by atoms with Crippen LogP contribution in [0.3, 0.4) is 0 Å². The highest BCUT2D eigenvalue weighted by Gasteiger charge is 2.31. The Labute approximate surface area is 161 Å². The highest BCUT2D eigenvalue weighted by Crippen LogP contribution is 2.32. The largest absolute Gasteiger partial charge is 0.490 e. The zero-order chi connectivity index (χ0) is 18.8. The van der Waals surface area contributed by atoms with Crippen LogP contribution in [0.15, 0.2) is 36.4 Å². The van der Waals surface area contributed by atoms with Gasteiger partial charge in [-0.2, -0.15) is 0 Å². The highest BCUT2D eigenvalue weighted by molar-refractivity contribution is 5.88. The topological polar surface area (TPSA) is 49.8 Å². The van der Waals surface area contributed by atoms with Crippen LogP contribution in [0.2, 0.25) is 0 Å². The van der Waals surface area contributed by atoms with Gasteiger partial charge in [-0.15, -0.1) is 0 Å². The summed E-state index contributed by atoms with van der Waals surface area (Å²) < 4.78 is 6.35. The molecule has 27 heavy (non-hydrogen) atoms. The van der Waals surface area contributed by atoms with Crippen LogP contribution in [0, 0.1) is 11.8 Å². The maximum absolute atomic E-state index is 10.9. The normalized spacial score (nSPS) is 23.9. The van der Waals surface area contributed by atoms with Crippen molar-refractivity contribution in [3.8, 4) is 5.75 Å². The number of rotatable bonds is 6. The number of benzene rings is 2. The van der Waals surface area contributed by atoms with Crippen LogP contribution in [0.4, 0.5) is 0 Å². The fourth-order valence-corrected chi connectivity index (χ4v) is 4.28. The Morgan fingerprint density at radius 2 is 1.93 bits per heavy atom. The Morgan fingerprint density at radius 1 is 1.15 bits per heavy atom. The number of hydrogen-bond acceptors (Lipinski definition) is 3. The van der Waals surface area contributed by atoms with Crippen molar-refractivity contribution in [3.63, 3.8) is 0 Å². The molecule has 4 rings (SSSR count). The minimum absolute atomic E-state index is 0.177. The van der Waals surface area contributed by atoms with E-state index in [1.165, 1.54) is 29.2 Å². The van der Waals surface area contributed by atoms with Crippen molar-refractivity contribution < 1.29 is 14.6 Å². The molecule has 2 fully saturated rings.